The van der Waals surface area contributed by atoms with Gasteiger partial charge in [-0.05, 0) is 28.9 Å². The third-order valence-corrected chi connectivity index (χ3v) is 4.21. The average Bonchev–Trinajstić information content (AvgIpc) is 2.75. The first kappa shape index (κ1) is 14.8. The fourth-order valence-corrected chi connectivity index (χ4v) is 2.86. The summed E-state index contributed by atoms with van der Waals surface area (Å²) in [5.74, 6) is -0.852. The van der Waals surface area contributed by atoms with Crippen LogP contribution in [0.4, 0.5) is 0 Å². The second kappa shape index (κ2) is 4.97. The van der Waals surface area contributed by atoms with Crippen molar-refractivity contribution in [3.8, 4) is 0 Å². The Hall–Kier alpha value is -2.11. The monoisotopic (exact) mass is 297 g/mol. The van der Waals surface area contributed by atoms with Gasteiger partial charge in [-0.3, -0.25) is 19.7 Å². The Morgan fingerprint density at radius 3 is 2.59 bits per heavy atom. The van der Waals surface area contributed by atoms with Crippen molar-refractivity contribution in [1.29, 1.82) is 0 Å². The van der Waals surface area contributed by atoms with Gasteiger partial charge in [0.15, 0.2) is 0 Å². The largest absolute Gasteiger partial charge is 0.371 e. The molecule has 22 heavy (non-hydrogen) atoms. The maximum Gasteiger partial charge on any atom is 0.290 e. The smallest absolute Gasteiger partial charge is 0.290 e. The Balaban J connectivity index is 1.88. The van der Waals surface area contributed by atoms with Gasteiger partial charge in [0.1, 0.15) is 0 Å². The molecule has 0 bridgehead atoms. The van der Waals surface area contributed by atoms with Crippen LogP contribution in [0.25, 0.3) is 0 Å². The van der Waals surface area contributed by atoms with Crippen molar-refractivity contribution in [2.24, 2.45) is 0 Å². The van der Waals surface area contributed by atoms with Gasteiger partial charge in [0.25, 0.3) is 7.41 Å². The summed E-state index contributed by atoms with van der Waals surface area (Å²) in [5, 5.41) is 2.30. The summed E-state index contributed by atoms with van der Waals surface area (Å²) in [6.45, 7) is 6.34. The Kier molecular flexibility index (Phi) is 3.35. The number of hydrogen-bond donors (Lipinski definition) is 1. The molecule has 1 aromatic rings. The minimum Gasteiger partial charge on any atom is -0.371 e. The Labute approximate surface area is 130 Å². The van der Waals surface area contributed by atoms with E-state index in [4.69, 9.17) is 0 Å². The number of piperidine rings is 1. The molecule has 1 saturated heterocycles. The summed E-state index contributed by atoms with van der Waals surface area (Å²) in [6.07, 6.45) is 0.630. The number of fused-ring (bicyclic) bond motifs is 1. The number of hydrogen-bond acceptors (Lipinski definition) is 3. The number of imide groups is 1. The van der Waals surface area contributed by atoms with Crippen LogP contribution in [-0.4, -0.2) is 36.0 Å². The van der Waals surface area contributed by atoms with Gasteiger partial charge in [0, 0.05) is 12.0 Å². The number of nitrogens with one attached hydrogen (secondary N) is 1. The number of amides is 3. The van der Waals surface area contributed by atoms with Gasteiger partial charge < -0.3 is 4.81 Å². The standard InChI is InChI=1S/C16H18BN2O3/c1-16(2,3)9-4-5-10-11(8-9)17-19(15(10)22)12-6-7-13(20)18-14(12)21/h4-5,8,12H,6-7H2,1-3H3,(H,18,20,21). The fraction of sp³-hybridized carbons (Fsp3) is 0.438. The first-order valence-corrected chi connectivity index (χ1v) is 7.43. The molecule has 0 aliphatic carbocycles. The zero-order chi connectivity index (χ0) is 16.1. The van der Waals surface area contributed by atoms with E-state index in [9.17, 15) is 14.4 Å². The quantitative estimate of drug-likeness (QED) is 0.606. The minimum absolute atomic E-state index is 0.00598. The van der Waals surface area contributed by atoms with Crippen molar-refractivity contribution in [3.05, 3.63) is 29.3 Å². The zero-order valence-electron chi connectivity index (χ0n) is 13.0. The first-order chi connectivity index (χ1) is 10.3. The highest BCUT2D eigenvalue weighted by atomic mass is 16.2. The zero-order valence-corrected chi connectivity index (χ0v) is 13.0. The van der Waals surface area contributed by atoms with E-state index < -0.39 is 11.9 Å². The predicted molar refractivity (Wildman–Crippen MR) is 82.9 cm³/mol. The van der Waals surface area contributed by atoms with Gasteiger partial charge in [-0.1, -0.05) is 32.9 Å². The van der Waals surface area contributed by atoms with Gasteiger partial charge in [-0.25, -0.2) is 0 Å². The number of benzene rings is 1. The van der Waals surface area contributed by atoms with Gasteiger partial charge in [-0.2, -0.15) is 0 Å². The van der Waals surface area contributed by atoms with Crippen molar-refractivity contribution in [3.63, 3.8) is 0 Å². The van der Waals surface area contributed by atoms with Crippen molar-refractivity contribution in [2.45, 2.75) is 45.1 Å². The molecule has 1 aromatic carbocycles. The minimum atomic E-state index is -0.601. The second-order valence-electron chi connectivity index (χ2n) is 6.86. The molecular weight excluding hydrogens is 279 g/mol. The van der Waals surface area contributed by atoms with E-state index in [1.54, 1.807) is 7.41 Å². The molecule has 6 heteroatoms. The summed E-state index contributed by atoms with van der Waals surface area (Å²) < 4.78 is 0. The summed E-state index contributed by atoms with van der Waals surface area (Å²) in [5.41, 5.74) is 2.58. The SMILES string of the molecule is CC(C)(C)c1ccc2c(c1)[B]N(C1CCC(=O)NC1=O)C2=O. The molecule has 2 aliphatic rings. The normalized spacial score (nSPS) is 21.5. The van der Waals surface area contributed by atoms with Gasteiger partial charge in [0.2, 0.25) is 17.7 Å². The number of nitrogens with zero attached hydrogens (tertiary/aromatic N) is 1. The molecular formula is C16H18BN2O3. The lowest BCUT2D eigenvalue weighted by Gasteiger charge is -2.29. The highest BCUT2D eigenvalue weighted by Crippen LogP contribution is 2.24. The van der Waals surface area contributed by atoms with Crippen molar-refractivity contribution >= 4 is 30.6 Å². The van der Waals surface area contributed by atoms with Crippen LogP contribution in [0.1, 0.15) is 49.5 Å². The maximum absolute atomic E-state index is 12.5. The molecule has 5 nitrogen and oxygen atoms in total. The molecule has 0 saturated carbocycles. The predicted octanol–water partition coefficient (Wildman–Crippen LogP) is 0.490. The van der Waals surface area contributed by atoms with E-state index in [0.29, 0.717) is 12.0 Å². The first-order valence-electron chi connectivity index (χ1n) is 7.43. The summed E-state index contributed by atoms with van der Waals surface area (Å²) in [7, 11) is 1.73. The Bertz CT molecular complexity index is 678. The van der Waals surface area contributed by atoms with Gasteiger partial charge in [-0.15, -0.1) is 0 Å². The molecule has 1 unspecified atom stereocenters. The molecule has 2 aliphatic heterocycles. The van der Waals surface area contributed by atoms with E-state index in [-0.39, 0.29) is 23.7 Å². The Morgan fingerprint density at radius 1 is 1.23 bits per heavy atom. The lowest BCUT2D eigenvalue weighted by atomic mass is 9.77. The fourth-order valence-electron chi connectivity index (χ4n) is 2.86. The number of carbonyl (C=O) groups excluding carboxylic acids is 3. The highest BCUT2D eigenvalue weighted by Gasteiger charge is 2.39. The molecule has 2 heterocycles. The van der Waals surface area contributed by atoms with Crippen molar-refractivity contribution < 1.29 is 14.4 Å². The van der Waals surface area contributed by atoms with Crippen LogP contribution in [0, 0.1) is 0 Å². The third-order valence-electron chi connectivity index (χ3n) is 4.21. The van der Waals surface area contributed by atoms with E-state index in [1.165, 1.54) is 4.81 Å². The Morgan fingerprint density at radius 2 is 1.95 bits per heavy atom. The summed E-state index contributed by atoms with van der Waals surface area (Å²) in [6, 6.07) is 5.17. The lowest BCUT2D eigenvalue weighted by molar-refractivity contribution is -0.135. The van der Waals surface area contributed by atoms with Crippen LogP contribution >= 0.6 is 0 Å². The van der Waals surface area contributed by atoms with Crippen LogP contribution in [0.5, 0.6) is 0 Å². The number of rotatable bonds is 1. The van der Waals surface area contributed by atoms with E-state index in [2.05, 4.69) is 26.1 Å². The molecule has 3 rings (SSSR count). The van der Waals surface area contributed by atoms with E-state index in [0.717, 1.165) is 11.0 Å². The second-order valence-corrected chi connectivity index (χ2v) is 6.86. The van der Waals surface area contributed by atoms with Crippen LogP contribution in [0.3, 0.4) is 0 Å². The maximum atomic E-state index is 12.5. The van der Waals surface area contributed by atoms with Crippen LogP contribution in [0.2, 0.25) is 0 Å². The molecule has 0 aromatic heterocycles. The van der Waals surface area contributed by atoms with Gasteiger partial charge in [0.05, 0.1) is 6.04 Å². The lowest BCUT2D eigenvalue weighted by Crippen LogP contribution is -2.54. The molecule has 1 radical (unpaired) electrons. The molecule has 1 atom stereocenters. The summed E-state index contributed by atoms with van der Waals surface area (Å²) >= 11 is 0. The molecule has 1 N–H and O–H groups in total. The van der Waals surface area contributed by atoms with E-state index in [1.807, 2.05) is 18.2 Å². The van der Waals surface area contributed by atoms with Crippen LogP contribution in [-0.2, 0) is 15.0 Å². The van der Waals surface area contributed by atoms with Crippen LogP contribution in [0.15, 0.2) is 18.2 Å². The van der Waals surface area contributed by atoms with Crippen molar-refractivity contribution in [2.75, 3.05) is 0 Å². The van der Waals surface area contributed by atoms with E-state index >= 15 is 0 Å². The summed E-state index contributed by atoms with van der Waals surface area (Å²) in [4.78, 5) is 37.2. The average molecular weight is 297 g/mol. The highest BCUT2D eigenvalue weighted by molar-refractivity contribution is 6.61. The molecule has 3 amide bonds. The third kappa shape index (κ3) is 2.43. The van der Waals surface area contributed by atoms with Crippen molar-refractivity contribution in [1.82, 2.24) is 10.1 Å². The topological polar surface area (TPSA) is 66.5 Å². The van der Waals surface area contributed by atoms with Crippen LogP contribution < -0.4 is 10.8 Å². The number of carbonyl (C=O) groups is 3. The molecule has 0 spiro atoms. The molecule has 113 valence electrons. The van der Waals surface area contributed by atoms with Gasteiger partial charge >= 0.3 is 0 Å². The molecule has 1 fully saturated rings.